The number of ether oxygens (including phenoxy) is 1. The van der Waals surface area contributed by atoms with Crippen LogP contribution in [0, 0.1) is 5.82 Å². The fourth-order valence-corrected chi connectivity index (χ4v) is 3.03. The van der Waals surface area contributed by atoms with Gasteiger partial charge in [0.05, 0.1) is 19.3 Å². The molecule has 0 radical (unpaired) electrons. The largest absolute Gasteiger partial charge is 0.497 e. The average Bonchev–Trinajstić information content (AvgIpc) is 3.41. The molecule has 2 heterocycles. The maximum absolute atomic E-state index is 13.9. The summed E-state index contributed by atoms with van der Waals surface area (Å²) in [7, 11) is 1.58. The zero-order valence-corrected chi connectivity index (χ0v) is 16.5. The van der Waals surface area contributed by atoms with Gasteiger partial charge in [-0.15, -0.1) is 5.10 Å². The molecule has 0 unspecified atom stereocenters. The maximum atomic E-state index is 13.9. The Morgan fingerprint density at radius 2 is 2.10 bits per heavy atom. The van der Waals surface area contributed by atoms with E-state index >= 15 is 0 Å². The van der Waals surface area contributed by atoms with Crippen LogP contribution in [0.25, 0.3) is 11.3 Å². The molecule has 4 aromatic rings. The maximum Gasteiger partial charge on any atom is 0.276 e. The molecule has 0 atom stereocenters. The number of nitrogens with zero attached hydrogens (tertiary/aromatic N) is 4. The Morgan fingerprint density at radius 1 is 1.27 bits per heavy atom. The highest BCUT2D eigenvalue weighted by Crippen LogP contribution is 2.23. The van der Waals surface area contributed by atoms with E-state index in [9.17, 15) is 9.18 Å². The van der Waals surface area contributed by atoms with Crippen molar-refractivity contribution in [1.82, 2.24) is 25.0 Å². The number of carbonyl (C=O) groups excluding carboxylic acids is 1. The summed E-state index contributed by atoms with van der Waals surface area (Å²) >= 11 is 6.03. The van der Waals surface area contributed by atoms with Gasteiger partial charge in [-0.1, -0.05) is 29.8 Å². The summed E-state index contributed by atoms with van der Waals surface area (Å²) in [5.41, 5.74) is 1.92. The van der Waals surface area contributed by atoms with Gasteiger partial charge in [-0.3, -0.25) is 15.2 Å². The monoisotopic (exact) mass is 426 g/mol. The van der Waals surface area contributed by atoms with Crippen molar-refractivity contribution in [2.45, 2.75) is 6.54 Å². The van der Waals surface area contributed by atoms with E-state index in [2.05, 4.69) is 25.6 Å². The summed E-state index contributed by atoms with van der Waals surface area (Å²) < 4.78 is 20.5. The van der Waals surface area contributed by atoms with Gasteiger partial charge in [-0.2, -0.15) is 5.10 Å². The van der Waals surface area contributed by atoms with Gasteiger partial charge in [0.15, 0.2) is 0 Å². The van der Waals surface area contributed by atoms with Crippen molar-refractivity contribution >= 4 is 23.5 Å². The zero-order chi connectivity index (χ0) is 21.1. The number of amides is 1. The Hall–Kier alpha value is -3.72. The molecule has 152 valence electrons. The van der Waals surface area contributed by atoms with E-state index in [1.165, 1.54) is 23.1 Å². The molecule has 0 saturated carbocycles. The minimum Gasteiger partial charge on any atom is -0.497 e. The number of methoxy groups -OCH3 is 1. The Morgan fingerprint density at radius 3 is 2.90 bits per heavy atom. The summed E-state index contributed by atoms with van der Waals surface area (Å²) in [4.78, 5) is 16.5. The molecule has 0 spiro atoms. The molecule has 0 aliphatic rings. The minimum atomic E-state index is -0.460. The molecule has 4 rings (SSSR count). The van der Waals surface area contributed by atoms with Gasteiger partial charge in [-0.05, 0) is 30.3 Å². The lowest BCUT2D eigenvalue weighted by Gasteiger charge is -2.05. The van der Waals surface area contributed by atoms with Gasteiger partial charge < -0.3 is 4.74 Å². The van der Waals surface area contributed by atoms with Crippen molar-refractivity contribution in [1.29, 1.82) is 0 Å². The summed E-state index contributed by atoms with van der Waals surface area (Å²) in [6, 6.07) is 13.4. The molecule has 1 amide bonds. The standard InChI is InChI=1S/C20H16ClFN6O2/c1-30-13-5-2-4-12(8-13)17-9-18(26-25-17)19(29)24-20-23-11-28(27-20)10-14-15(21)6-3-7-16(14)22/h2-9,11H,10H2,1H3,(H,25,26)(H,24,27,29). The van der Waals surface area contributed by atoms with Gasteiger partial charge in [0.25, 0.3) is 5.91 Å². The third-order valence-corrected chi connectivity index (χ3v) is 4.69. The summed E-state index contributed by atoms with van der Waals surface area (Å²) in [5, 5.41) is 13.9. The number of anilines is 1. The number of rotatable bonds is 6. The number of hydrogen-bond acceptors (Lipinski definition) is 5. The van der Waals surface area contributed by atoms with E-state index in [4.69, 9.17) is 16.3 Å². The fraction of sp³-hybridized carbons (Fsp3) is 0.100. The number of halogens is 2. The first kappa shape index (κ1) is 19.6. The Balaban J connectivity index is 1.45. The van der Waals surface area contributed by atoms with Crippen molar-refractivity contribution in [3.8, 4) is 17.0 Å². The van der Waals surface area contributed by atoms with Crippen molar-refractivity contribution in [2.75, 3.05) is 12.4 Å². The number of hydrogen-bond donors (Lipinski definition) is 2. The molecular formula is C20H16ClFN6O2. The van der Waals surface area contributed by atoms with Crippen LogP contribution in [0.3, 0.4) is 0 Å². The van der Waals surface area contributed by atoms with Crippen molar-refractivity contribution < 1.29 is 13.9 Å². The Labute approximate surface area is 175 Å². The molecule has 0 saturated heterocycles. The normalized spacial score (nSPS) is 10.8. The van der Waals surface area contributed by atoms with Crippen LogP contribution in [-0.4, -0.2) is 38.0 Å². The number of aromatic nitrogens is 5. The van der Waals surface area contributed by atoms with E-state index in [1.54, 1.807) is 19.2 Å². The molecule has 2 N–H and O–H groups in total. The van der Waals surface area contributed by atoms with Gasteiger partial charge in [-0.25, -0.2) is 14.1 Å². The highest BCUT2D eigenvalue weighted by molar-refractivity contribution is 6.31. The highest BCUT2D eigenvalue weighted by Gasteiger charge is 2.15. The fourth-order valence-electron chi connectivity index (χ4n) is 2.81. The Kier molecular flexibility index (Phi) is 5.44. The first-order valence-corrected chi connectivity index (χ1v) is 9.25. The molecule has 2 aromatic heterocycles. The quantitative estimate of drug-likeness (QED) is 0.489. The third-order valence-electron chi connectivity index (χ3n) is 4.33. The lowest BCUT2D eigenvalue weighted by atomic mass is 10.1. The van der Waals surface area contributed by atoms with Crippen LogP contribution in [0.2, 0.25) is 5.02 Å². The topological polar surface area (TPSA) is 97.7 Å². The highest BCUT2D eigenvalue weighted by atomic mass is 35.5. The van der Waals surface area contributed by atoms with Crippen molar-refractivity contribution in [3.05, 3.63) is 77.0 Å². The van der Waals surface area contributed by atoms with Crippen LogP contribution in [0.4, 0.5) is 10.3 Å². The van der Waals surface area contributed by atoms with E-state index in [0.29, 0.717) is 22.0 Å². The number of carbonyl (C=O) groups is 1. The lowest BCUT2D eigenvalue weighted by Crippen LogP contribution is -2.14. The van der Waals surface area contributed by atoms with Crippen molar-refractivity contribution in [2.24, 2.45) is 0 Å². The summed E-state index contributed by atoms with van der Waals surface area (Å²) in [5.74, 6) is -0.138. The minimum absolute atomic E-state index is 0.0741. The second kappa shape index (κ2) is 8.34. The van der Waals surface area contributed by atoms with Gasteiger partial charge in [0.1, 0.15) is 23.6 Å². The number of benzene rings is 2. The van der Waals surface area contributed by atoms with Gasteiger partial charge in [0.2, 0.25) is 5.95 Å². The Bertz CT molecular complexity index is 1190. The molecular weight excluding hydrogens is 411 g/mol. The predicted molar refractivity (Wildman–Crippen MR) is 109 cm³/mol. The lowest BCUT2D eigenvalue weighted by molar-refractivity contribution is 0.102. The second-order valence-corrected chi connectivity index (χ2v) is 6.73. The average molecular weight is 427 g/mol. The first-order valence-electron chi connectivity index (χ1n) is 8.87. The van der Waals surface area contributed by atoms with Gasteiger partial charge in [0, 0.05) is 16.1 Å². The van der Waals surface area contributed by atoms with Crippen LogP contribution in [0.15, 0.2) is 54.9 Å². The first-order chi connectivity index (χ1) is 14.5. The molecule has 0 fully saturated rings. The second-order valence-electron chi connectivity index (χ2n) is 6.32. The number of H-pyrrole nitrogens is 1. The predicted octanol–water partition coefficient (Wildman–Crippen LogP) is 3.77. The molecule has 30 heavy (non-hydrogen) atoms. The van der Waals surface area contributed by atoms with Crippen LogP contribution in [0.1, 0.15) is 16.1 Å². The molecule has 10 heteroatoms. The van der Waals surface area contributed by atoms with Crippen LogP contribution >= 0.6 is 11.6 Å². The van der Waals surface area contributed by atoms with Crippen LogP contribution < -0.4 is 10.1 Å². The number of nitrogens with one attached hydrogen (secondary N) is 2. The van der Waals surface area contributed by atoms with Crippen LogP contribution in [-0.2, 0) is 6.54 Å². The molecule has 0 aliphatic carbocycles. The molecule has 0 bridgehead atoms. The third kappa shape index (κ3) is 4.15. The van der Waals surface area contributed by atoms with E-state index in [0.717, 1.165) is 5.56 Å². The van der Waals surface area contributed by atoms with E-state index < -0.39 is 11.7 Å². The molecule has 0 aliphatic heterocycles. The van der Waals surface area contributed by atoms with Crippen molar-refractivity contribution in [3.63, 3.8) is 0 Å². The summed E-state index contributed by atoms with van der Waals surface area (Å²) in [6.07, 6.45) is 1.38. The SMILES string of the molecule is COc1cccc(-c2cc(C(=O)Nc3ncn(Cc4c(F)cccc4Cl)n3)[nH]n2)c1. The van der Waals surface area contributed by atoms with E-state index in [1.807, 2.05) is 24.3 Å². The zero-order valence-electron chi connectivity index (χ0n) is 15.8. The van der Waals surface area contributed by atoms with Gasteiger partial charge >= 0.3 is 0 Å². The van der Waals surface area contributed by atoms with Crippen LogP contribution in [0.5, 0.6) is 5.75 Å². The number of aromatic amines is 1. The summed E-state index contributed by atoms with van der Waals surface area (Å²) in [6.45, 7) is 0.0818. The van der Waals surface area contributed by atoms with E-state index in [-0.39, 0.29) is 18.2 Å². The molecule has 8 nitrogen and oxygen atoms in total. The molecule has 2 aromatic carbocycles. The smallest absolute Gasteiger partial charge is 0.276 e.